The van der Waals surface area contributed by atoms with Crippen LogP contribution in [0.4, 0.5) is 5.69 Å². The highest BCUT2D eigenvalue weighted by molar-refractivity contribution is 5.81. The first-order valence-corrected chi connectivity index (χ1v) is 5.82. The maximum atomic E-state index is 11.6. The quantitative estimate of drug-likeness (QED) is 0.606. The van der Waals surface area contributed by atoms with Crippen LogP contribution in [-0.2, 0) is 11.3 Å². The van der Waals surface area contributed by atoms with Crippen molar-refractivity contribution < 1.29 is 14.1 Å². The molecule has 19 heavy (non-hydrogen) atoms. The molecule has 7 heteroatoms. The Morgan fingerprint density at radius 2 is 2.21 bits per heavy atom. The third-order valence-electron chi connectivity index (χ3n) is 2.73. The number of carbonyl (C=O) groups is 1. The van der Waals surface area contributed by atoms with Gasteiger partial charge in [0, 0.05) is 18.6 Å². The van der Waals surface area contributed by atoms with Crippen LogP contribution in [-0.4, -0.2) is 15.3 Å². The molecule has 0 saturated heterocycles. The number of non-ortho nitro benzene ring substituents is 1. The largest absolute Gasteiger partial charge is 0.420 e. The number of nitro benzene ring substituents is 1. The van der Waals surface area contributed by atoms with E-state index in [0.717, 1.165) is 4.57 Å². The molecule has 2 aromatic rings. The summed E-state index contributed by atoms with van der Waals surface area (Å²) in [6, 6.07) is 3.85. The summed E-state index contributed by atoms with van der Waals surface area (Å²) in [5.41, 5.74) is 0.355. The van der Waals surface area contributed by atoms with Crippen molar-refractivity contribution in [3.63, 3.8) is 0 Å². The fourth-order valence-electron chi connectivity index (χ4n) is 1.85. The molecule has 0 N–H and O–H groups in total. The number of fused-ring (bicyclic) bond motifs is 1. The van der Waals surface area contributed by atoms with Gasteiger partial charge in [0.2, 0.25) is 0 Å². The number of ketones is 1. The van der Waals surface area contributed by atoms with Gasteiger partial charge in [-0.15, -0.1) is 0 Å². The number of benzene rings is 1. The monoisotopic (exact) mass is 264 g/mol. The van der Waals surface area contributed by atoms with E-state index in [9.17, 15) is 19.7 Å². The zero-order valence-electron chi connectivity index (χ0n) is 10.3. The first kappa shape index (κ1) is 13.0. The SMILES string of the molecule is CCCC(=O)Cn1c(=O)oc2ccc([N+](=O)[O-])cc21. The van der Waals surface area contributed by atoms with Crippen LogP contribution >= 0.6 is 0 Å². The number of carbonyl (C=O) groups excluding carboxylic acids is 1. The van der Waals surface area contributed by atoms with Gasteiger partial charge in [-0.3, -0.25) is 19.5 Å². The van der Waals surface area contributed by atoms with Gasteiger partial charge in [-0.25, -0.2) is 4.79 Å². The van der Waals surface area contributed by atoms with Crippen LogP contribution in [0, 0.1) is 10.1 Å². The zero-order valence-corrected chi connectivity index (χ0v) is 10.3. The molecule has 7 nitrogen and oxygen atoms in total. The first-order chi connectivity index (χ1) is 9.02. The highest BCUT2D eigenvalue weighted by atomic mass is 16.6. The average molecular weight is 264 g/mol. The first-order valence-electron chi connectivity index (χ1n) is 5.82. The minimum Gasteiger partial charge on any atom is -0.408 e. The number of nitrogens with zero attached hydrogens (tertiary/aromatic N) is 2. The summed E-state index contributed by atoms with van der Waals surface area (Å²) in [5, 5.41) is 10.7. The number of hydrogen-bond acceptors (Lipinski definition) is 5. The van der Waals surface area contributed by atoms with Gasteiger partial charge in [-0.1, -0.05) is 6.92 Å². The fraction of sp³-hybridized carbons (Fsp3) is 0.333. The molecule has 1 aromatic heterocycles. The lowest BCUT2D eigenvalue weighted by atomic mass is 10.2. The molecule has 0 spiro atoms. The van der Waals surface area contributed by atoms with E-state index in [-0.39, 0.29) is 29.1 Å². The third kappa shape index (κ3) is 2.54. The molecule has 0 aliphatic rings. The van der Waals surface area contributed by atoms with E-state index < -0.39 is 10.7 Å². The highest BCUT2D eigenvalue weighted by Crippen LogP contribution is 2.20. The smallest absolute Gasteiger partial charge is 0.408 e. The number of Topliss-reactive ketones (excluding diaryl/α,β-unsaturated/α-hetero) is 1. The van der Waals surface area contributed by atoms with Crippen molar-refractivity contribution >= 4 is 22.6 Å². The van der Waals surface area contributed by atoms with E-state index in [1.807, 2.05) is 6.92 Å². The summed E-state index contributed by atoms with van der Waals surface area (Å²) in [4.78, 5) is 33.4. The van der Waals surface area contributed by atoms with Crippen molar-refractivity contribution in [2.75, 3.05) is 0 Å². The summed E-state index contributed by atoms with van der Waals surface area (Å²) >= 11 is 0. The molecular weight excluding hydrogens is 252 g/mol. The van der Waals surface area contributed by atoms with Gasteiger partial charge in [0.15, 0.2) is 11.4 Å². The summed E-state index contributed by atoms with van der Waals surface area (Å²) in [5.74, 6) is -0.793. The van der Waals surface area contributed by atoms with Crippen molar-refractivity contribution in [1.82, 2.24) is 4.57 Å². The Kier molecular flexibility index (Phi) is 3.46. The van der Waals surface area contributed by atoms with Gasteiger partial charge in [0.1, 0.15) is 0 Å². The molecule has 100 valence electrons. The summed E-state index contributed by atoms with van der Waals surface area (Å²) in [6.45, 7) is 1.74. The van der Waals surface area contributed by atoms with E-state index in [1.54, 1.807) is 0 Å². The molecule has 0 bridgehead atoms. The van der Waals surface area contributed by atoms with Crippen molar-refractivity contribution in [2.24, 2.45) is 0 Å². The second-order valence-corrected chi connectivity index (χ2v) is 4.15. The number of oxazole rings is 1. The Bertz CT molecular complexity index is 698. The van der Waals surface area contributed by atoms with Crippen LogP contribution in [0.2, 0.25) is 0 Å². The normalized spacial score (nSPS) is 10.8. The Labute approximate surface area is 107 Å². The summed E-state index contributed by atoms with van der Waals surface area (Å²) < 4.78 is 6.07. The van der Waals surface area contributed by atoms with Crippen molar-refractivity contribution in [3.05, 3.63) is 38.9 Å². The summed E-state index contributed by atoms with van der Waals surface area (Å²) in [6.07, 6.45) is 1.04. The zero-order chi connectivity index (χ0) is 14.0. The van der Waals surface area contributed by atoms with Gasteiger partial charge < -0.3 is 4.42 Å². The molecule has 0 amide bonds. The predicted molar refractivity (Wildman–Crippen MR) is 67.0 cm³/mol. The van der Waals surface area contributed by atoms with Gasteiger partial charge in [0.05, 0.1) is 17.0 Å². The molecule has 0 radical (unpaired) electrons. The minimum atomic E-state index is -0.681. The van der Waals surface area contributed by atoms with E-state index >= 15 is 0 Å². The lowest BCUT2D eigenvalue weighted by Crippen LogP contribution is -2.19. The molecular formula is C12H12N2O5. The Hall–Kier alpha value is -2.44. The molecule has 2 rings (SSSR count). The average Bonchev–Trinajstić information content (AvgIpc) is 2.65. The molecule has 1 heterocycles. The van der Waals surface area contributed by atoms with E-state index in [2.05, 4.69) is 0 Å². The third-order valence-corrected chi connectivity index (χ3v) is 2.73. The van der Waals surface area contributed by atoms with Crippen LogP contribution in [0.25, 0.3) is 11.1 Å². The fourth-order valence-corrected chi connectivity index (χ4v) is 1.85. The van der Waals surface area contributed by atoms with Crippen molar-refractivity contribution in [1.29, 1.82) is 0 Å². The number of nitro groups is 1. The van der Waals surface area contributed by atoms with Crippen LogP contribution in [0.15, 0.2) is 27.4 Å². The molecule has 0 aliphatic heterocycles. The molecule has 0 fully saturated rings. The van der Waals surface area contributed by atoms with E-state index in [1.165, 1.54) is 18.2 Å². The van der Waals surface area contributed by atoms with Crippen molar-refractivity contribution in [3.8, 4) is 0 Å². The molecule has 0 atom stereocenters. The standard InChI is InChI=1S/C12H12N2O5/c1-2-3-9(15)7-13-10-6-8(14(17)18)4-5-11(10)19-12(13)16/h4-6H,2-3,7H2,1H3. The van der Waals surface area contributed by atoms with Gasteiger partial charge in [0.25, 0.3) is 5.69 Å². The lowest BCUT2D eigenvalue weighted by Gasteiger charge is -2.00. The molecule has 0 saturated carbocycles. The number of rotatable bonds is 5. The summed E-state index contributed by atoms with van der Waals surface area (Å²) in [7, 11) is 0. The Morgan fingerprint density at radius 3 is 2.84 bits per heavy atom. The number of aromatic nitrogens is 1. The Balaban J connectivity index is 2.50. The maximum absolute atomic E-state index is 11.6. The molecule has 0 unspecified atom stereocenters. The lowest BCUT2D eigenvalue weighted by molar-refractivity contribution is -0.384. The molecule has 0 aliphatic carbocycles. The molecule has 1 aromatic carbocycles. The minimum absolute atomic E-state index is 0.112. The number of hydrogen-bond donors (Lipinski definition) is 0. The topological polar surface area (TPSA) is 95.3 Å². The predicted octanol–water partition coefficient (Wildman–Crippen LogP) is 1.87. The van der Waals surface area contributed by atoms with Crippen LogP contribution in [0.3, 0.4) is 0 Å². The maximum Gasteiger partial charge on any atom is 0.420 e. The van der Waals surface area contributed by atoms with Gasteiger partial charge in [-0.2, -0.15) is 0 Å². The second kappa shape index (κ2) is 5.05. The second-order valence-electron chi connectivity index (χ2n) is 4.15. The van der Waals surface area contributed by atoms with Crippen LogP contribution in [0.5, 0.6) is 0 Å². The Morgan fingerprint density at radius 1 is 1.47 bits per heavy atom. The highest BCUT2D eigenvalue weighted by Gasteiger charge is 2.15. The van der Waals surface area contributed by atoms with Gasteiger partial charge in [-0.05, 0) is 12.5 Å². The van der Waals surface area contributed by atoms with Crippen LogP contribution in [0.1, 0.15) is 19.8 Å². The van der Waals surface area contributed by atoms with E-state index in [0.29, 0.717) is 12.8 Å². The van der Waals surface area contributed by atoms with Crippen LogP contribution < -0.4 is 5.76 Å². The van der Waals surface area contributed by atoms with Gasteiger partial charge >= 0.3 is 5.76 Å². The van der Waals surface area contributed by atoms with Crippen molar-refractivity contribution in [2.45, 2.75) is 26.3 Å². The van der Waals surface area contributed by atoms with E-state index in [4.69, 9.17) is 4.42 Å².